The zero-order valence-electron chi connectivity index (χ0n) is 12.0. The van der Waals surface area contributed by atoms with E-state index >= 15 is 0 Å². The number of carbonyl (C=O) groups is 1. The Kier molecular flexibility index (Phi) is 6.38. The number of pyridine rings is 2. The number of hydrazone groups is 1. The molecule has 0 unspecified atom stereocenters. The summed E-state index contributed by atoms with van der Waals surface area (Å²) in [5.74, 6) is 1.65. The van der Waals surface area contributed by atoms with Gasteiger partial charge >= 0.3 is 0 Å². The first kappa shape index (κ1) is 16.0. The van der Waals surface area contributed by atoms with Crippen LogP contribution in [0.1, 0.15) is 22.6 Å². The van der Waals surface area contributed by atoms with E-state index in [9.17, 15) is 4.79 Å². The number of rotatable bonds is 7. The van der Waals surface area contributed by atoms with E-state index in [1.165, 1.54) is 0 Å². The molecule has 7 heteroatoms. The maximum absolute atomic E-state index is 11.7. The molecule has 2 heterocycles. The highest BCUT2D eigenvalue weighted by Gasteiger charge is 2.04. The highest BCUT2D eigenvalue weighted by atomic mass is 32.2. The smallest absolute Gasteiger partial charge is 0.289 e. The van der Waals surface area contributed by atoms with Crippen LogP contribution < -0.4 is 11.2 Å². The normalized spacial score (nSPS) is 11.2. The number of thioether (sulfide) groups is 1. The summed E-state index contributed by atoms with van der Waals surface area (Å²) < 4.78 is 0. The van der Waals surface area contributed by atoms with Gasteiger partial charge in [-0.05, 0) is 24.3 Å². The third kappa shape index (κ3) is 5.53. The van der Waals surface area contributed by atoms with Crippen molar-refractivity contribution < 1.29 is 4.79 Å². The molecule has 0 fully saturated rings. The second-order valence-electron chi connectivity index (χ2n) is 4.38. The molecular formula is C15H17N5OS. The van der Waals surface area contributed by atoms with Crippen LogP contribution in [-0.4, -0.2) is 27.5 Å². The van der Waals surface area contributed by atoms with Crippen LogP contribution in [0.5, 0.6) is 0 Å². The van der Waals surface area contributed by atoms with Crippen molar-refractivity contribution >= 4 is 23.5 Å². The van der Waals surface area contributed by atoms with E-state index in [1.54, 1.807) is 42.4 Å². The third-order valence-corrected chi connectivity index (χ3v) is 3.67. The van der Waals surface area contributed by atoms with Crippen molar-refractivity contribution in [2.45, 2.75) is 12.2 Å². The molecule has 0 aliphatic heterocycles. The Hall–Kier alpha value is -2.41. The number of aromatic nitrogens is 2. The number of hydrogen-bond acceptors (Lipinski definition) is 5. The summed E-state index contributed by atoms with van der Waals surface area (Å²) in [4.78, 5) is 19.9. The molecule has 0 aliphatic rings. The van der Waals surface area contributed by atoms with Gasteiger partial charge in [-0.25, -0.2) is 5.43 Å². The fourth-order valence-corrected chi connectivity index (χ4v) is 2.45. The average Bonchev–Trinajstić information content (AvgIpc) is 2.58. The highest BCUT2D eigenvalue weighted by Crippen LogP contribution is 2.10. The first-order valence-electron chi connectivity index (χ1n) is 6.77. The maximum Gasteiger partial charge on any atom is 0.289 e. The highest BCUT2D eigenvalue weighted by molar-refractivity contribution is 7.98. The second kappa shape index (κ2) is 8.78. The number of amidine groups is 1. The molecule has 2 aromatic rings. The van der Waals surface area contributed by atoms with Gasteiger partial charge in [0, 0.05) is 30.3 Å². The Balaban J connectivity index is 1.68. The molecule has 6 nitrogen and oxygen atoms in total. The van der Waals surface area contributed by atoms with Crippen LogP contribution in [0.2, 0.25) is 0 Å². The van der Waals surface area contributed by atoms with E-state index in [0.717, 1.165) is 17.2 Å². The van der Waals surface area contributed by atoms with Crippen LogP contribution in [0.3, 0.4) is 0 Å². The number of carbonyl (C=O) groups excluding carboxylic acids is 1. The summed E-state index contributed by atoms with van der Waals surface area (Å²) in [7, 11) is 0. The van der Waals surface area contributed by atoms with Gasteiger partial charge in [-0.15, -0.1) is 0 Å². The van der Waals surface area contributed by atoms with Gasteiger partial charge in [0.1, 0.15) is 11.5 Å². The molecule has 0 spiro atoms. The lowest BCUT2D eigenvalue weighted by Crippen LogP contribution is -2.24. The minimum Gasteiger partial charge on any atom is -0.386 e. The van der Waals surface area contributed by atoms with Crippen molar-refractivity contribution in [2.75, 3.05) is 5.75 Å². The molecule has 114 valence electrons. The molecule has 3 N–H and O–H groups in total. The Morgan fingerprint density at radius 1 is 1.18 bits per heavy atom. The van der Waals surface area contributed by atoms with Gasteiger partial charge in [-0.3, -0.25) is 14.8 Å². The standard InChI is InChI=1S/C15H17N5OS/c16-14(7-10-22-11-12-5-1-3-8-17-12)19-20-15(21)13-6-2-4-9-18-13/h1-6,8-9H,7,10-11H2,(H2,16,19)(H,20,21). The van der Waals surface area contributed by atoms with Crippen LogP contribution in [0.25, 0.3) is 0 Å². The Bertz CT molecular complexity index is 618. The van der Waals surface area contributed by atoms with E-state index in [4.69, 9.17) is 5.73 Å². The van der Waals surface area contributed by atoms with Crippen molar-refractivity contribution in [1.29, 1.82) is 0 Å². The van der Waals surface area contributed by atoms with Crippen molar-refractivity contribution in [3.05, 3.63) is 60.2 Å². The van der Waals surface area contributed by atoms with Crippen LogP contribution in [-0.2, 0) is 5.75 Å². The summed E-state index contributed by atoms with van der Waals surface area (Å²) in [5, 5.41) is 3.87. The molecule has 0 bridgehead atoms. The molecule has 0 saturated carbocycles. The first-order chi connectivity index (χ1) is 10.8. The van der Waals surface area contributed by atoms with E-state index in [1.807, 2.05) is 18.2 Å². The summed E-state index contributed by atoms with van der Waals surface area (Å²) in [6, 6.07) is 10.9. The van der Waals surface area contributed by atoms with Gasteiger partial charge in [-0.2, -0.15) is 16.9 Å². The van der Waals surface area contributed by atoms with Crippen LogP contribution in [0, 0.1) is 0 Å². The van der Waals surface area contributed by atoms with Crippen LogP contribution >= 0.6 is 11.8 Å². The second-order valence-corrected chi connectivity index (χ2v) is 5.49. The molecule has 0 saturated heterocycles. The number of nitrogens with zero attached hydrogens (tertiary/aromatic N) is 3. The van der Waals surface area contributed by atoms with Crippen molar-refractivity contribution in [1.82, 2.24) is 15.4 Å². The first-order valence-corrected chi connectivity index (χ1v) is 7.92. The molecule has 2 aromatic heterocycles. The molecule has 0 atom stereocenters. The number of hydrogen-bond donors (Lipinski definition) is 2. The zero-order chi connectivity index (χ0) is 15.6. The topological polar surface area (TPSA) is 93.3 Å². The van der Waals surface area contributed by atoms with Gasteiger partial charge in [0.05, 0.1) is 5.69 Å². The molecule has 0 aromatic carbocycles. The van der Waals surface area contributed by atoms with Crippen LogP contribution in [0.15, 0.2) is 53.9 Å². The number of amides is 1. The molecule has 0 aliphatic carbocycles. The Morgan fingerprint density at radius 2 is 1.95 bits per heavy atom. The monoisotopic (exact) mass is 315 g/mol. The van der Waals surface area contributed by atoms with E-state index < -0.39 is 0 Å². The molecule has 2 rings (SSSR count). The van der Waals surface area contributed by atoms with Crippen molar-refractivity contribution in [2.24, 2.45) is 10.8 Å². The number of nitrogens with two attached hydrogens (primary N) is 1. The third-order valence-electron chi connectivity index (χ3n) is 2.68. The lowest BCUT2D eigenvalue weighted by Gasteiger charge is -2.03. The lowest BCUT2D eigenvalue weighted by atomic mass is 10.3. The maximum atomic E-state index is 11.7. The Labute approximate surface area is 133 Å². The minimum absolute atomic E-state index is 0.309. The van der Waals surface area contributed by atoms with Gasteiger partial charge < -0.3 is 5.73 Å². The fourth-order valence-electron chi connectivity index (χ4n) is 1.57. The molecule has 22 heavy (non-hydrogen) atoms. The van der Waals surface area contributed by atoms with Gasteiger partial charge in [0.2, 0.25) is 0 Å². The van der Waals surface area contributed by atoms with E-state index in [0.29, 0.717) is 18.0 Å². The summed E-state index contributed by atoms with van der Waals surface area (Å²) in [6.45, 7) is 0. The van der Waals surface area contributed by atoms with Gasteiger partial charge in [0.25, 0.3) is 5.91 Å². The number of nitrogens with one attached hydrogen (secondary N) is 1. The summed E-state index contributed by atoms with van der Waals surface area (Å²) >= 11 is 1.72. The zero-order valence-corrected chi connectivity index (χ0v) is 12.8. The summed E-state index contributed by atoms with van der Waals surface area (Å²) in [6.07, 6.45) is 3.93. The quantitative estimate of drug-likeness (QED) is 0.352. The van der Waals surface area contributed by atoms with Gasteiger partial charge in [-0.1, -0.05) is 12.1 Å². The van der Waals surface area contributed by atoms with E-state index in [-0.39, 0.29) is 5.91 Å². The predicted molar refractivity (Wildman–Crippen MR) is 88.3 cm³/mol. The summed E-state index contributed by atoms with van der Waals surface area (Å²) in [5.41, 5.74) is 9.51. The average molecular weight is 315 g/mol. The molecule has 1 amide bonds. The minimum atomic E-state index is -0.371. The molecular weight excluding hydrogens is 298 g/mol. The predicted octanol–water partition coefficient (Wildman–Crippen LogP) is 1.80. The van der Waals surface area contributed by atoms with E-state index in [2.05, 4.69) is 20.5 Å². The van der Waals surface area contributed by atoms with Crippen molar-refractivity contribution in [3.8, 4) is 0 Å². The largest absolute Gasteiger partial charge is 0.386 e. The van der Waals surface area contributed by atoms with Crippen LogP contribution in [0.4, 0.5) is 0 Å². The lowest BCUT2D eigenvalue weighted by molar-refractivity contribution is 0.0949. The fraction of sp³-hybridized carbons (Fsp3) is 0.200. The van der Waals surface area contributed by atoms with Crippen molar-refractivity contribution in [3.63, 3.8) is 0 Å². The van der Waals surface area contributed by atoms with Gasteiger partial charge in [0.15, 0.2) is 0 Å². The molecule has 0 radical (unpaired) electrons. The SMILES string of the molecule is NC(CCSCc1ccccn1)=NNC(=O)c1ccccn1. The Morgan fingerprint density at radius 3 is 2.64 bits per heavy atom.